The molecule has 0 atom stereocenters. The lowest BCUT2D eigenvalue weighted by atomic mass is 9.57. The van der Waals surface area contributed by atoms with Crippen LogP contribution in [0.4, 0.5) is 0 Å². The van der Waals surface area contributed by atoms with Gasteiger partial charge in [0.15, 0.2) is 0 Å². The number of hydrogen-bond acceptors (Lipinski definition) is 2. The highest BCUT2D eigenvalue weighted by atomic mass is 16.3. The number of nitriles is 1. The molecule has 0 aromatic carbocycles. The van der Waals surface area contributed by atoms with E-state index in [1.165, 1.54) is 19.3 Å². The fraction of sp³-hybridized carbons (Fsp3) is 0.941. The lowest BCUT2D eigenvalue weighted by molar-refractivity contribution is -0.110. The molecular weight excluding hydrogens is 234 g/mol. The third-order valence-corrected chi connectivity index (χ3v) is 5.74. The maximum absolute atomic E-state index is 11.2. The minimum atomic E-state index is -0.728. The Morgan fingerprint density at radius 2 is 1.26 bits per heavy atom. The molecule has 0 heterocycles. The number of rotatable bonds is 1. The Labute approximate surface area is 118 Å². The van der Waals surface area contributed by atoms with Crippen molar-refractivity contribution in [3.63, 3.8) is 0 Å². The highest BCUT2D eigenvalue weighted by Gasteiger charge is 2.52. The Balaban J connectivity index is 2.17. The van der Waals surface area contributed by atoms with E-state index in [4.69, 9.17) is 0 Å². The molecule has 0 radical (unpaired) electrons. The van der Waals surface area contributed by atoms with Crippen LogP contribution in [0, 0.1) is 22.2 Å². The van der Waals surface area contributed by atoms with Crippen molar-refractivity contribution >= 4 is 0 Å². The summed E-state index contributed by atoms with van der Waals surface area (Å²) in [4.78, 5) is 0. The van der Waals surface area contributed by atoms with Crippen molar-refractivity contribution in [1.82, 2.24) is 0 Å². The summed E-state index contributed by atoms with van der Waals surface area (Å²) < 4.78 is 0. The summed E-state index contributed by atoms with van der Waals surface area (Å²) in [5, 5.41) is 21.0. The van der Waals surface area contributed by atoms with Crippen molar-refractivity contribution in [3.8, 4) is 6.07 Å². The molecule has 108 valence electrons. The van der Waals surface area contributed by atoms with Crippen molar-refractivity contribution in [1.29, 1.82) is 5.26 Å². The van der Waals surface area contributed by atoms with Gasteiger partial charge in [0.1, 0.15) is 0 Å². The quantitative estimate of drug-likeness (QED) is 0.753. The van der Waals surface area contributed by atoms with Gasteiger partial charge in [0.2, 0.25) is 0 Å². The van der Waals surface area contributed by atoms with Crippen LogP contribution in [-0.2, 0) is 0 Å². The molecule has 19 heavy (non-hydrogen) atoms. The van der Waals surface area contributed by atoms with Gasteiger partial charge in [-0.3, -0.25) is 0 Å². The lowest BCUT2D eigenvalue weighted by Crippen LogP contribution is -2.51. The van der Waals surface area contributed by atoms with E-state index in [1.807, 2.05) is 0 Å². The van der Waals surface area contributed by atoms with Gasteiger partial charge in [-0.05, 0) is 43.9 Å². The molecule has 0 aromatic rings. The second-order valence-corrected chi connectivity index (χ2v) is 7.66. The van der Waals surface area contributed by atoms with Crippen LogP contribution in [-0.4, -0.2) is 10.7 Å². The second-order valence-electron chi connectivity index (χ2n) is 7.66. The molecule has 2 fully saturated rings. The van der Waals surface area contributed by atoms with E-state index in [0.717, 1.165) is 51.4 Å². The van der Waals surface area contributed by atoms with Gasteiger partial charge in [-0.1, -0.05) is 46.0 Å². The van der Waals surface area contributed by atoms with Crippen LogP contribution in [0.2, 0.25) is 0 Å². The largest absolute Gasteiger partial charge is 0.388 e. The Bertz CT molecular complexity index is 335. The molecule has 2 rings (SSSR count). The zero-order chi connectivity index (χ0) is 14.0. The van der Waals surface area contributed by atoms with Gasteiger partial charge in [0, 0.05) is 0 Å². The molecule has 2 heteroatoms. The molecule has 1 N–H and O–H groups in total. The van der Waals surface area contributed by atoms with Gasteiger partial charge in [-0.2, -0.15) is 5.26 Å². The third kappa shape index (κ3) is 2.97. The first-order chi connectivity index (χ1) is 8.93. The summed E-state index contributed by atoms with van der Waals surface area (Å²) >= 11 is 0. The minimum absolute atomic E-state index is 0.338. The fourth-order valence-corrected chi connectivity index (χ4v) is 4.01. The summed E-state index contributed by atoms with van der Waals surface area (Å²) in [6, 6.07) is 2.57. The Kier molecular flexibility index (Phi) is 4.26. The normalized spacial score (nSPS) is 29.8. The Morgan fingerprint density at radius 3 is 1.74 bits per heavy atom. The smallest absolute Gasteiger partial charge is 0.0860 e. The first-order valence-corrected chi connectivity index (χ1v) is 8.07. The van der Waals surface area contributed by atoms with Crippen LogP contribution >= 0.6 is 0 Å². The van der Waals surface area contributed by atoms with Gasteiger partial charge in [0.25, 0.3) is 0 Å². The molecule has 0 aliphatic heterocycles. The van der Waals surface area contributed by atoms with Crippen LogP contribution in [0.15, 0.2) is 0 Å². The number of hydrogen-bond donors (Lipinski definition) is 1. The molecule has 0 saturated heterocycles. The monoisotopic (exact) mass is 263 g/mol. The van der Waals surface area contributed by atoms with Crippen molar-refractivity contribution in [2.45, 2.75) is 90.1 Å². The molecular formula is C17H29NO. The second kappa shape index (κ2) is 5.44. The van der Waals surface area contributed by atoms with Gasteiger partial charge in [0.05, 0.1) is 17.1 Å². The van der Waals surface area contributed by atoms with Crippen LogP contribution in [0.3, 0.4) is 0 Å². The van der Waals surface area contributed by atoms with Crippen LogP contribution in [0.1, 0.15) is 84.5 Å². The van der Waals surface area contributed by atoms with Gasteiger partial charge >= 0.3 is 0 Å². The van der Waals surface area contributed by atoms with E-state index in [9.17, 15) is 10.4 Å². The molecule has 2 aliphatic rings. The van der Waals surface area contributed by atoms with Crippen molar-refractivity contribution in [3.05, 3.63) is 0 Å². The highest BCUT2D eigenvalue weighted by molar-refractivity contribution is 5.13. The maximum atomic E-state index is 11.2. The van der Waals surface area contributed by atoms with E-state index in [0.29, 0.717) is 5.41 Å². The van der Waals surface area contributed by atoms with Gasteiger partial charge in [-0.25, -0.2) is 0 Å². The predicted molar refractivity (Wildman–Crippen MR) is 77.6 cm³/mol. The third-order valence-electron chi connectivity index (χ3n) is 5.74. The molecule has 2 saturated carbocycles. The van der Waals surface area contributed by atoms with E-state index in [2.05, 4.69) is 19.9 Å². The molecule has 0 unspecified atom stereocenters. The standard InChI is InChI=1S/C17H29NO/c1-15(2)10-12-17(19,13-11-15)16(14-18)8-6-4-3-5-7-9-16/h19H,3-13H2,1-2H3. The Hall–Kier alpha value is -0.550. The Morgan fingerprint density at radius 1 is 0.789 bits per heavy atom. The van der Waals surface area contributed by atoms with Gasteiger partial charge < -0.3 is 5.11 Å². The molecule has 0 bridgehead atoms. The molecule has 2 aliphatic carbocycles. The average Bonchev–Trinajstić information content (AvgIpc) is 2.34. The van der Waals surface area contributed by atoms with E-state index < -0.39 is 11.0 Å². The first-order valence-electron chi connectivity index (χ1n) is 8.07. The van der Waals surface area contributed by atoms with Gasteiger partial charge in [-0.15, -0.1) is 0 Å². The van der Waals surface area contributed by atoms with E-state index >= 15 is 0 Å². The average molecular weight is 263 g/mol. The van der Waals surface area contributed by atoms with Crippen LogP contribution < -0.4 is 0 Å². The lowest BCUT2D eigenvalue weighted by Gasteiger charge is -2.49. The summed E-state index contributed by atoms with van der Waals surface area (Å²) in [6.45, 7) is 4.56. The topological polar surface area (TPSA) is 44.0 Å². The van der Waals surface area contributed by atoms with Crippen molar-refractivity contribution < 1.29 is 5.11 Å². The molecule has 0 aromatic heterocycles. The molecule has 2 nitrogen and oxygen atoms in total. The fourth-order valence-electron chi connectivity index (χ4n) is 4.01. The first kappa shape index (κ1) is 14.9. The number of nitrogens with zero attached hydrogens (tertiary/aromatic N) is 1. The number of aliphatic hydroxyl groups is 1. The zero-order valence-corrected chi connectivity index (χ0v) is 12.7. The SMILES string of the molecule is CC1(C)CCC(O)(C2(C#N)CCCCCCC2)CC1. The predicted octanol–water partition coefficient (Wildman–Crippen LogP) is 4.57. The van der Waals surface area contributed by atoms with E-state index in [-0.39, 0.29) is 0 Å². The van der Waals surface area contributed by atoms with Crippen molar-refractivity contribution in [2.75, 3.05) is 0 Å². The molecule has 0 amide bonds. The van der Waals surface area contributed by atoms with E-state index in [1.54, 1.807) is 0 Å². The van der Waals surface area contributed by atoms with Crippen molar-refractivity contribution in [2.24, 2.45) is 10.8 Å². The summed E-state index contributed by atoms with van der Waals surface area (Å²) in [5.41, 5.74) is -0.858. The van der Waals surface area contributed by atoms with Crippen LogP contribution in [0.5, 0.6) is 0 Å². The minimum Gasteiger partial charge on any atom is -0.388 e. The summed E-state index contributed by atoms with van der Waals surface area (Å²) in [5.74, 6) is 0. The summed E-state index contributed by atoms with van der Waals surface area (Å²) in [6.07, 6.45) is 11.5. The summed E-state index contributed by atoms with van der Waals surface area (Å²) in [7, 11) is 0. The van der Waals surface area contributed by atoms with Crippen LogP contribution in [0.25, 0.3) is 0 Å². The maximum Gasteiger partial charge on any atom is 0.0860 e. The zero-order valence-electron chi connectivity index (χ0n) is 12.7. The molecule has 0 spiro atoms. The highest BCUT2D eigenvalue weighted by Crippen LogP contribution is 2.52.